The lowest BCUT2D eigenvalue weighted by Gasteiger charge is -2.36. The smallest absolute Gasteiger partial charge is 0.276 e. The average Bonchev–Trinajstić information content (AvgIpc) is 3.05. The Bertz CT molecular complexity index is 657. The van der Waals surface area contributed by atoms with Crippen LogP contribution in [0, 0.1) is 5.92 Å². The van der Waals surface area contributed by atoms with Gasteiger partial charge in [0, 0.05) is 18.5 Å². The predicted molar refractivity (Wildman–Crippen MR) is 79.4 cm³/mol. The van der Waals surface area contributed by atoms with Crippen LogP contribution in [0.5, 0.6) is 0 Å². The number of carbonyl (C=O) groups excluding carboxylic acids is 1. The molecular weight excluding hydrogens is 280 g/mol. The highest BCUT2D eigenvalue weighted by Gasteiger charge is 2.35. The molecule has 2 aromatic heterocycles. The minimum absolute atomic E-state index is 0.00711. The molecule has 4 rings (SSSR count). The van der Waals surface area contributed by atoms with E-state index >= 15 is 0 Å². The summed E-state index contributed by atoms with van der Waals surface area (Å²) in [6.45, 7) is 2.95. The molecule has 0 N–H and O–H groups in total. The van der Waals surface area contributed by atoms with Gasteiger partial charge in [-0.15, -0.1) is 0 Å². The van der Waals surface area contributed by atoms with Crippen molar-refractivity contribution in [1.29, 1.82) is 0 Å². The first kappa shape index (κ1) is 13.6. The average molecular weight is 300 g/mol. The number of nitrogens with zero attached hydrogens (tertiary/aromatic N) is 2. The summed E-state index contributed by atoms with van der Waals surface area (Å²) >= 11 is 0. The maximum absolute atomic E-state index is 12.8. The van der Waals surface area contributed by atoms with Crippen LogP contribution < -0.4 is 0 Å². The van der Waals surface area contributed by atoms with E-state index < -0.39 is 0 Å². The Labute approximate surface area is 129 Å². The molecule has 0 aromatic carbocycles. The molecule has 2 aromatic rings. The Morgan fingerprint density at radius 2 is 2.18 bits per heavy atom. The summed E-state index contributed by atoms with van der Waals surface area (Å²) in [7, 11) is 0. The van der Waals surface area contributed by atoms with Gasteiger partial charge in [-0.1, -0.05) is 12.1 Å². The van der Waals surface area contributed by atoms with Gasteiger partial charge in [0.1, 0.15) is 11.5 Å². The first-order valence-electron chi connectivity index (χ1n) is 8.03. The molecule has 0 spiro atoms. The molecule has 1 saturated heterocycles. The fourth-order valence-corrected chi connectivity index (χ4v) is 3.23. The first-order valence-corrected chi connectivity index (χ1v) is 8.03. The third kappa shape index (κ3) is 2.45. The predicted octanol–water partition coefficient (Wildman–Crippen LogP) is 3.76. The van der Waals surface area contributed by atoms with Gasteiger partial charge >= 0.3 is 0 Å². The second-order valence-corrected chi connectivity index (χ2v) is 6.55. The van der Waals surface area contributed by atoms with Crippen molar-refractivity contribution in [2.45, 2.75) is 44.6 Å². The van der Waals surface area contributed by atoms with Crippen molar-refractivity contribution in [2.75, 3.05) is 6.54 Å². The largest absolute Gasteiger partial charge is 0.467 e. The number of carbonyl (C=O) groups is 1. The third-order valence-electron chi connectivity index (χ3n) is 4.72. The standard InChI is InChI=1S/C17H20N2O3/c1-11-6-7-19(14(9-11)15-3-2-8-21-15)17(20)13-10-16(22-18-13)12-4-5-12/h2-3,8,10-12,14H,4-7,9H2,1H3/t11-,14-/m0/s1. The van der Waals surface area contributed by atoms with Crippen molar-refractivity contribution < 1.29 is 13.7 Å². The summed E-state index contributed by atoms with van der Waals surface area (Å²) in [4.78, 5) is 14.7. The highest BCUT2D eigenvalue weighted by Crippen LogP contribution is 2.41. The van der Waals surface area contributed by atoms with E-state index in [1.54, 1.807) is 6.26 Å². The van der Waals surface area contributed by atoms with Gasteiger partial charge < -0.3 is 13.8 Å². The maximum Gasteiger partial charge on any atom is 0.276 e. The lowest BCUT2D eigenvalue weighted by atomic mass is 9.91. The third-order valence-corrected chi connectivity index (χ3v) is 4.72. The van der Waals surface area contributed by atoms with Crippen molar-refractivity contribution in [3.05, 3.63) is 41.7 Å². The number of likely N-dealkylation sites (tertiary alicyclic amines) is 1. The van der Waals surface area contributed by atoms with Gasteiger partial charge in [0.05, 0.1) is 12.3 Å². The topological polar surface area (TPSA) is 59.5 Å². The van der Waals surface area contributed by atoms with Crippen LogP contribution in [0.2, 0.25) is 0 Å². The molecule has 0 radical (unpaired) electrons. The van der Waals surface area contributed by atoms with Gasteiger partial charge in [-0.3, -0.25) is 4.79 Å². The van der Waals surface area contributed by atoms with Crippen molar-refractivity contribution in [2.24, 2.45) is 5.92 Å². The van der Waals surface area contributed by atoms with E-state index in [9.17, 15) is 4.79 Å². The lowest BCUT2D eigenvalue weighted by Crippen LogP contribution is -2.40. The molecule has 2 fully saturated rings. The molecule has 2 atom stereocenters. The highest BCUT2D eigenvalue weighted by atomic mass is 16.5. The van der Waals surface area contributed by atoms with E-state index in [4.69, 9.17) is 8.94 Å². The normalized spacial score (nSPS) is 25.4. The molecule has 3 heterocycles. The molecule has 22 heavy (non-hydrogen) atoms. The lowest BCUT2D eigenvalue weighted by molar-refractivity contribution is 0.0510. The molecule has 0 unspecified atom stereocenters. The minimum Gasteiger partial charge on any atom is -0.467 e. The first-order chi connectivity index (χ1) is 10.7. The molecule has 1 aliphatic carbocycles. The van der Waals surface area contributed by atoms with Gasteiger partial charge in [-0.25, -0.2) is 0 Å². The van der Waals surface area contributed by atoms with Crippen LogP contribution in [0.25, 0.3) is 0 Å². The van der Waals surface area contributed by atoms with E-state index in [0.29, 0.717) is 17.5 Å². The molecule has 2 aliphatic rings. The zero-order valence-electron chi connectivity index (χ0n) is 12.7. The molecule has 1 amide bonds. The van der Waals surface area contributed by atoms with Crippen molar-refractivity contribution in [3.63, 3.8) is 0 Å². The molecule has 1 aliphatic heterocycles. The molecular formula is C17H20N2O3. The Kier molecular flexibility index (Phi) is 3.28. The molecule has 1 saturated carbocycles. The van der Waals surface area contributed by atoms with E-state index in [-0.39, 0.29) is 11.9 Å². The van der Waals surface area contributed by atoms with Crippen LogP contribution in [-0.4, -0.2) is 22.5 Å². The number of aromatic nitrogens is 1. The second kappa shape index (κ2) is 5.30. The number of hydrogen-bond acceptors (Lipinski definition) is 4. The van der Waals surface area contributed by atoms with Crippen molar-refractivity contribution in [3.8, 4) is 0 Å². The zero-order valence-corrected chi connectivity index (χ0v) is 12.7. The van der Waals surface area contributed by atoms with Gasteiger partial charge in [-0.2, -0.15) is 0 Å². The van der Waals surface area contributed by atoms with Crippen molar-refractivity contribution >= 4 is 5.91 Å². The van der Waals surface area contributed by atoms with Crippen LogP contribution in [0.3, 0.4) is 0 Å². The number of amides is 1. The van der Waals surface area contributed by atoms with Gasteiger partial charge in [0.25, 0.3) is 5.91 Å². The van der Waals surface area contributed by atoms with Gasteiger partial charge in [0.2, 0.25) is 0 Å². The zero-order chi connectivity index (χ0) is 15.1. The van der Waals surface area contributed by atoms with Crippen LogP contribution >= 0.6 is 0 Å². The highest BCUT2D eigenvalue weighted by molar-refractivity contribution is 5.92. The fraction of sp³-hybridized carbons (Fsp3) is 0.529. The van der Waals surface area contributed by atoms with Crippen LogP contribution in [0.1, 0.15) is 66.6 Å². The molecule has 0 bridgehead atoms. The van der Waals surface area contributed by atoms with Crippen LogP contribution in [-0.2, 0) is 0 Å². The Morgan fingerprint density at radius 3 is 2.91 bits per heavy atom. The molecule has 116 valence electrons. The summed E-state index contributed by atoms with van der Waals surface area (Å²) in [5.41, 5.74) is 0.424. The monoisotopic (exact) mass is 300 g/mol. The van der Waals surface area contributed by atoms with Gasteiger partial charge in [-0.05, 0) is 43.7 Å². The summed E-state index contributed by atoms with van der Waals surface area (Å²) in [5, 5.41) is 3.99. The molecule has 5 heteroatoms. The van der Waals surface area contributed by atoms with Gasteiger partial charge in [0.15, 0.2) is 5.69 Å². The SMILES string of the molecule is C[C@H]1CCN(C(=O)c2cc(C3CC3)on2)[C@H](c2ccco2)C1. The molecule has 5 nitrogen and oxygen atoms in total. The number of furan rings is 1. The summed E-state index contributed by atoms with van der Waals surface area (Å²) in [6.07, 6.45) is 5.87. The minimum atomic E-state index is -0.0519. The van der Waals surface area contributed by atoms with E-state index in [0.717, 1.165) is 43.7 Å². The number of hydrogen-bond donors (Lipinski definition) is 0. The summed E-state index contributed by atoms with van der Waals surface area (Å²) in [6, 6.07) is 5.63. The number of rotatable bonds is 3. The number of piperidine rings is 1. The summed E-state index contributed by atoms with van der Waals surface area (Å²) in [5.74, 6) is 2.70. The van der Waals surface area contributed by atoms with E-state index in [2.05, 4.69) is 12.1 Å². The van der Waals surface area contributed by atoms with Crippen molar-refractivity contribution in [1.82, 2.24) is 10.1 Å². The quantitative estimate of drug-likeness (QED) is 0.866. The Morgan fingerprint density at radius 1 is 1.32 bits per heavy atom. The van der Waals surface area contributed by atoms with Crippen LogP contribution in [0.15, 0.2) is 33.4 Å². The fourth-order valence-electron chi connectivity index (χ4n) is 3.23. The Hall–Kier alpha value is -2.04. The van der Waals surface area contributed by atoms with Crippen LogP contribution in [0.4, 0.5) is 0 Å². The second-order valence-electron chi connectivity index (χ2n) is 6.55. The summed E-state index contributed by atoms with van der Waals surface area (Å²) < 4.78 is 10.9. The maximum atomic E-state index is 12.8. The van der Waals surface area contributed by atoms with E-state index in [1.807, 2.05) is 23.1 Å². The van der Waals surface area contributed by atoms with E-state index in [1.165, 1.54) is 0 Å². The Balaban J connectivity index is 1.58.